The number of para-hydroxylation sites is 1. The second-order valence-corrected chi connectivity index (χ2v) is 10.3. The van der Waals surface area contributed by atoms with Gasteiger partial charge in [-0.15, -0.1) is 0 Å². The van der Waals surface area contributed by atoms with Crippen LogP contribution in [0, 0.1) is 13.8 Å². The van der Waals surface area contributed by atoms with Crippen molar-refractivity contribution in [3.63, 3.8) is 0 Å². The molecule has 1 atom stereocenters. The minimum Gasteiger partial charge on any atom is -0.371 e. The molecule has 5 rings (SSSR count). The van der Waals surface area contributed by atoms with Crippen LogP contribution in [0.4, 0.5) is 5.69 Å². The number of nitrogens with zero attached hydrogens (tertiary/aromatic N) is 2. The van der Waals surface area contributed by atoms with Crippen molar-refractivity contribution in [1.82, 2.24) is 9.55 Å². The van der Waals surface area contributed by atoms with Crippen molar-refractivity contribution in [1.29, 1.82) is 0 Å². The predicted molar refractivity (Wildman–Crippen MR) is 143 cm³/mol. The summed E-state index contributed by atoms with van der Waals surface area (Å²) in [5, 5.41) is 4.03. The molecule has 1 aliphatic heterocycles. The molecule has 0 fully saturated rings. The number of aromatic nitrogens is 2. The van der Waals surface area contributed by atoms with Gasteiger partial charge in [-0.2, -0.15) is 0 Å². The summed E-state index contributed by atoms with van der Waals surface area (Å²) >= 11 is 0. The zero-order valence-electron chi connectivity index (χ0n) is 21.2. The van der Waals surface area contributed by atoms with Gasteiger partial charge < -0.3 is 9.88 Å². The van der Waals surface area contributed by atoms with Gasteiger partial charge in [-0.05, 0) is 53.5 Å². The lowest BCUT2D eigenvalue weighted by Gasteiger charge is -2.32. The maximum atomic E-state index is 5.21. The van der Waals surface area contributed by atoms with Gasteiger partial charge >= 0.3 is 0 Å². The third kappa shape index (κ3) is 3.94. The van der Waals surface area contributed by atoms with E-state index in [9.17, 15) is 0 Å². The quantitative estimate of drug-likeness (QED) is 0.335. The standard InChI is InChI=1S/C31H35N3/c1-19(2)25-13-10-14-26(20(3)4)29(25)33-30-28-22(6)15-21(5)16-24(28)17-34-18-27(32-31(30)34)23-11-8-7-9-12-23/h7-16,18-20,30,33H,17H2,1-6H3. The van der Waals surface area contributed by atoms with Gasteiger partial charge in [-0.1, -0.05) is 93.9 Å². The number of aryl methyl sites for hydroxylation is 2. The fourth-order valence-electron chi connectivity index (χ4n) is 5.46. The Morgan fingerprint density at radius 2 is 1.56 bits per heavy atom. The van der Waals surface area contributed by atoms with Gasteiger partial charge in [0.05, 0.1) is 5.69 Å². The first-order valence-electron chi connectivity index (χ1n) is 12.4. The Kier molecular flexibility index (Phi) is 5.81. The Balaban J connectivity index is 1.70. The van der Waals surface area contributed by atoms with Gasteiger partial charge in [-0.25, -0.2) is 4.98 Å². The van der Waals surface area contributed by atoms with Crippen LogP contribution in [0.1, 0.15) is 84.8 Å². The number of fused-ring (bicyclic) bond motifs is 2. The Hall–Kier alpha value is -3.33. The molecule has 4 aromatic rings. The van der Waals surface area contributed by atoms with Gasteiger partial charge in [0.2, 0.25) is 0 Å². The van der Waals surface area contributed by atoms with Crippen molar-refractivity contribution in [3.05, 3.63) is 106 Å². The van der Waals surface area contributed by atoms with Crippen molar-refractivity contribution in [2.45, 2.75) is 66.0 Å². The third-order valence-corrected chi connectivity index (χ3v) is 7.04. The third-order valence-electron chi connectivity index (χ3n) is 7.04. The lowest BCUT2D eigenvalue weighted by Crippen LogP contribution is -2.26. The van der Waals surface area contributed by atoms with Crippen molar-refractivity contribution in [2.24, 2.45) is 0 Å². The maximum Gasteiger partial charge on any atom is 0.137 e. The SMILES string of the molecule is Cc1cc(C)c2c(c1)Cn1cc(-c3ccccc3)nc1C2Nc1c(C(C)C)cccc1C(C)C. The molecule has 3 aromatic carbocycles. The molecule has 0 aliphatic carbocycles. The van der Waals surface area contributed by atoms with Gasteiger partial charge in [0, 0.05) is 24.0 Å². The maximum absolute atomic E-state index is 5.21. The fraction of sp³-hybridized carbons (Fsp3) is 0.323. The molecule has 0 bridgehead atoms. The second kappa shape index (κ2) is 8.79. The molecule has 3 heteroatoms. The summed E-state index contributed by atoms with van der Waals surface area (Å²) in [5.74, 6) is 1.96. The zero-order chi connectivity index (χ0) is 24.0. The Bertz CT molecular complexity index is 1300. The van der Waals surface area contributed by atoms with Crippen LogP contribution in [0.5, 0.6) is 0 Å². The minimum absolute atomic E-state index is 0.000729. The summed E-state index contributed by atoms with van der Waals surface area (Å²) in [6.07, 6.45) is 2.22. The van der Waals surface area contributed by atoms with E-state index in [1.807, 2.05) is 0 Å². The van der Waals surface area contributed by atoms with Gasteiger partial charge in [0.25, 0.3) is 0 Å². The van der Waals surface area contributed by atoms with Gasteiger partial charge in [0.1, 0.15) is 11.9 Å². The highest BCUT2D eigenvalue weighted by Gasteiger charge is 2.31. The van der Waals surface area contributed by atoms with E-state index >= 15 is 0 Å². The molecule has 1 unspecified atom stereocenters. The number of nitrogens with one attached hydrogen (secondary N) is 1. The summed E-state index contributed by atoms with van der Waals surface area (Å²) < 4.78 is 2.34. The van der Waals surface area contributed by atoms with Crippen molar-refractivity contribution < 1.29 is 0 Å². The molecule has 0 spiro atoms. The Morgan fingerprint density at radius 3 is 2.21 bits per heavy atom. The number of hydrogen-bond donors (Lipinski definition) is 1. The average molecular weight is 450 g/mol. The summed E-state index contributed by atoms with van der Waals surface area (Å²) in [6.45, 7) is 14.4. The molecular formula is C31H35N3. The van der Waals surface area contributed by atoms with Gasteiger partial charge in [-0.3, -0.25) is 0 Å². The highest BCUT2D eigenvalue weighted by atomic mass is 15.1. The van der Waals surface area contributed by atoms with Crippen molar-refractivity contribution in [2.75, 3.05) is 5.32 Å². The summed E-state index contributed by atoms with van der Waals surface area (Å²) in [5.41, 5.74) is 11.6. The molecular weight excluding hydrogens is 414 g/mol. The summed E-state index contributed by atoms with van der Waals surface area (Å²) in [6, 6.07) is 21.9. The van der Waals surface area contributed by atoms with Crippen LogP contribution >= 0.6 is 0 Å². The lowest BCUT2D eigenvalue weighted by molar-refractivity contribution is 0.643. The molecule has 3 nitrogen and oxygen atoms in total. The molecule has 1 N–H and O–H groups in total. The van der Waals surface area contributed by atoms with Crippen LogP contribution < -0.4 is 5.32 Å². The first-order valence-corrected chi connectivity index (χ1v) is 12.4. The van der Waals surface area contributed by atoms with E-state index in [2.05, 4.69) is 118 Å². The van der Waals surface area contributed by atoms with E-state index in [4.69, 9.17) is 4.98 Å². The first kappa shape index (κ1) is 22.5. The lowest BCUT2D eigenvalue weighted by atomic mass is 9.88. The number of hydrogen-bond acceptors (Lipinski definition) is 2. The fourth-order valence-corrected chi connectivity index (χ4v) is 5.46. The molecule has 0 radical (unpaired) electrons. The second-order valence-electron chi connectivity index (χ2n) is 10.3. The average Bonchev–Trinajstić information content (AvgIpc) is 3.23. The summed E-state index contributed by atoms with van der Waals surface area (Å²) in [7, 11) is 0. The molecule has 0 saturated carbocycles. The number of benzene rings is 3. The van der Waals surface area contributed by atoms with E-state index in [0.717, 1.165) is 23.6 Å². The van der Waals surface area contributed by atoms with E-state index in [1.165, 1.54) is 39.1 Å². The largest absolute Gasteiger partial charge is 0.371 e. The number of anilines is 1. The topological polar surface area (TPSA) is 29.9 Å². The minimum atomic E-state index is -0.000729. The highest BCUT2D eigenvalue weighted by molar-refractivity contribution is 5.65. The monoisotopic (exact) mass is 449 g/mol. The molecule has 2 heterocycles. The van der Waals surface area contributed by atoms with Crippen LogP contribution in [0.2, 0.25) is 0 Å². The molecule has 1 aromatic heterocycles. The van der Waals surface area contributed by atoms with Crippen LogP contribution in [-0.4, -0.2) is 9.55 Å². The van der Waals surface area contributed by atoms with E-state index in [1.54, 1.807) is 0 Å². The van der Waals surface area contributed by atoms with Gasteiger partial charge in [0.15, 0.2) is 0 Å². The van der Waals surface area contributed by atoms with Crippen LogP contribution in [0.3, 0.4) is 0 Å². The molecule has 34 heavy (non-hydrogen) atoms. The van der Waals surface area contributed by atoms with Crippen molar-refractivity contribution in [3.8, 4) is 11.3 Å². The Morgan fingerprint density at radius 1 is 0.882 bits per heavy atom. The van der Waals surface area contributed by atoms with E-state index < -0.39 is 0 Å². The number of imidazole rings is 1. The van der Waals surface area contributed by atoms with Crippen LogP contribution in [-0.2, 0) is 6.54 Å². The molecule has 174 valence electrons. The summed E-state index contributed by atoms with van der Waals surface area (Å²) in [4.78, 5) is 5.21. The first-order chi connectivity index (χ1) is 16.3. The number of rotatable bonds is 5. The molecule has 0 saturated heterocycles. The molecule has 0 amide bonds. The predicted octanol–water partition coefficient (Wildman–Crippen LogP) is 7.98. The normalized spacial score (nSPS) is 14.9. The zero-order valence-corrected chi connectivity index (χ0v) is 21.2. The highest BCUT2D eigenvalue weighted by Crippen LogP contribution is 2.41. The van der Waals surface area contributed by atoms with E-state index in [0.29, 0.717) is 11.8 Å². The van der Waals surface area contributed by atoms with E-state index in [-0.39, 0.29) is 6.04 Å². The smallest absolute Gasteiger partial charge is 0.137 e. The van der Waals surface area contributed by atoms with Crippen LogP contribution in [0.15, 0.2) is 66.9 Å². The van der Waals surface area contributed by atoms with Crippen LogP contribution in [0.25, 0.3) is 11.3 Å². The Labute approximate surface area is 203 Å². The van der Waals surface area contributed by atoms with Crippen molar-refractivity contribution >= 4 is 5.69 Å². The molecule has 1 aliphatic rings.